The van der Waals surface area contributed by atoms with Gasteiger partial charge in [0.2, 0.25) is 11.8 Å². The van der Waals surface area contributed by atoms with Gasteiger partial charge in [-0.05, 0) is 42.4 Å². The molecule has 310 valence electrons. The first-order chi connectivity index (χ1) is 28.6. The van der Waals surface area contributed by atoms with Crippen LogP contribution in [-0.2, 0) is 23.8 Å². The van der Waals surface area contributed by atoms with Crippen molar-refractivity contribution >= 4 is 75.3 Å². The second-order valence-corrected chi connectivity index (χ2v) is 13.7. The summed E-state index contributed by atoms with van der Waals surface area (Å²) in [6.45, 7) is 4.02. The molecule has 4 aromatic rings. The highest BCUT2D eigenvalue weighted by Crippen LogP contribution is 2.36. The van der Waals surface area contributed by atoms with Gasteiger partial charge in [0.25, 0.3) is 0 Å². The summed E-state index contributed by atoms with van der Waals surface area (Å²) in [5.41, 5.74) is 24.7. The van der Waals surface area contributed by atoms with Crippen LogP contribution in [0.2, 0.25) is 0 Å². The lowest BCUT2D eigenvalue weighted by Crippen LogP contribution is -2.32. The van der Waals surface area contributed by atoms with Gasteiger partial charge in [-0.15, -0.1) is 6.42 Å². The van der Waals surface area contributed by atoms with Crippen molar-refractivity contribution < 1.29 is 33.4 Å². The normalized spacial score (nSPS) is 11.3. The van der Waals surface area contributed by atoms with Crippen LogP contribution >= 0.6 is 39.9 Å². The number of aromatic amines is 1. The molecule has 1 aliphatic rings. The first-order valence-electron chi connectivity index (χ1n) is 17.1. The number of alkyl halides is 1. The third-order valence-electron chi connectivity index (χ3n) is 7.82. The third-order valence-corrected chi connectivity index (χ3v) is 9.68. The van der Waals surface area contributed by atoms with Gasteiger partial charge in [0.1, 0.15) is 50.6 Å². The number of nitrogen functional groups attached to an aromatic ring is 2. The molecule has 20 heteroatoms. The Morgan fingerprint density at radius 3 is 1.65 bits per heavy atom. The highest BCUT2D eigenvalue weighted by Gasteiger charge is 2.21. The fourth-order valence-electron chi connectivity index (χ4n) is 4.93. The van der Waals surface area contributed by atoms with E-state index < -0.39 is 17.8 Å². The second-order valence-electron chi connectivity index (χ2n) is 11.8. The number of rotatable bonds is 8. The maximum atomic E-state index is 11.6. The minimum atomic E-state index is -0.576. The molecule has 2 aromatic carbocycles. The summed E-state index contributed by atoms with van der Waals surface area (Å²) in [7, 11) is 4.68. The van der Waals surface area contributed by atoms with Crippen molar-refractivity contribution in [1.82, 2.24) is 14.9 Å². The number of carbonyl (C=O) groups is 4. The molecule has 0 saturated carbocycles. The number of primary amides is 2. The summed E-state index contributed by atoms with van der Waals surface area (Å²) in [6, 6.07) is 18.6. The Bertz CT molecular complexity index is 2430. The number of nitriles is 3. The van der Waals surface area contributed by atoms with Gasteiger partial charge in [0.15, 0.2) is 0 Å². The largest absolute Gasteiger partial charge is 0.465 e. The number of aromatic nitrogens is 2. The van der Waals surface area contributed by atoms with Gasteiger partial charge in [-0.1, -0.05) is 70.1 Å². The highest BCUT2D eigenvalue weighted by atomic mass is 79.9. The summed E-state index contributed by atoms with van der Waals surface area (Å²) in [4.78, 5) is 52.6. The van der Waals surface area contributed by atoms with Crippen LogP contribution in [0.3, 0.4) is 0 Å². The molecule has 0 spiro atoms. The van der Waals surface area contributed by atoms with E-state index >= 15 is 0 Å². The molecule has 0 atom stereocenters. The van der Waals surface area contributed by atoms with Crippen molar-refractivity contribution in [3.05, 3.63) is 86.6 Å². The van der Waals surface area contributed by atoms with E-state index in [0.29, 0.717) is 33.4 Å². The van der Waals surface area contributed by atoms with Crippen molar-refractivity contribution in [3.8, 4) is 52.8 Å². The predicted octanol–water partition coefficient (Wildman–Crippen LogP) is 3.89. The Morgan fingerprint density at radius 2 is 1.30 bits per heavy atom. The van der Waals surface area contributed by atoms with Gasteiger partial charge < -0.3 is 47.0 Å². The van der Waals surface area contributed by atoms with E-state index in [1.807, 2.05) is 18.2 Å². The Kier molecular flexibility index (Phi) is 20.5. The van der Waals surface area contributed by atoms with E-state index in [1.165, 1.54) is 26.4 Å². The van der Waals surface area contributed by atoms with Crippen LogP contribution in [0, 0.1) is 51.0 Å². The minimum absolute atomic E-state index is 0.0378. The molecular weight excluding hydrogens is 877 g/mol. The fourth-order valence-corrected chi connectivity index (χ4v) is 5.93. The van der Waals surface area contributed by atoms with Gasteiger partial charge in [0.05, 0.1) is 60.8 Å². The molecule has 1 fully saturated rings. The molecule has 2 amide bonds. The molecular formula is C40H39BrN10O7S2. The molecule has 0 aliphatic carbocycles. The Morgan fingerprint density at radius 1 is 0.850 bits per heavy atom. The highest BCUT2D eigenvalue weighted by molar-refractivity contribution is 9.09. The molecule has 9 N–H and O–H groups in total. The number of morpholine rings is 1. The number of nitrogens with two attached hydrogens (primary N) is 4. The van der Waals surface area contributed by atoms with E-state index in [-0.39, 0.29) is 60.5 Å². The van der Waals surface area contributed by atoms with Crippen LogP contribution in [0.4, 0.5) is 11.6 Å². The van der Waals surface area contributed by atoms with Crippen LogP contribution in [-0.4, -0.2) is 97.3 Å². The molecule has 0 unspecified atom stereocenters. The number of halogens is 1. The van der Waals surface area contributed by atoms with E-state index in [4.69, 9.17) is 40.6 Å². The number of anilines is 2. The summed E-state index contributed by atoms with van der Waals surface area (Å²) in [6.07, 6.45) is 5.50. The number of benzene rings is 2. The number of H-pyrrole nitrogens is 1. The smallest absolute Gasteiger partial charge is 0.337 e. The number of nitrogens with zero attached hydrogens (tertiary/aromatic N) is 5. The van der Waals surface area contributed by atoms with E-state index in [9.17, 15) is 35.0 Å². The predicted molar refractivity (Wildman–Crippen MR) is 232 cm³/mol. The monoisotopic (exact) mass is 914 g/mol. The average Bonchev–Trinajstić information content (AvgIpc) is 3.25. The first-order valence-corrected chi connectivity index (χ1v) is 19.6. The number of nitrogens with one attached hydrogen (secondary N) is 1. The van der Waals surface area contributed by atoms with E-state index in [1.54, 1.807) is 36.4 Å². The third kappa shape index (κ3) is 14.0. The number of esters is 2. The summed E-state index contributed by atoms with van der Waals surface area (Å²) < 4.78 is 14.7. The topological polar surface area (TPSA) is 303 Å². The first kappa shape index (κ1) is 49.4. The SMILES string of the molecule is C#Cc1c(-c2ccc(C(=O)OC)cc2)c(C#N)c(N)[nH]c1=S.CN1CCOCC1.COC(=O)c1ccc(-c2c(C#N)c(N)nc(SCC(N)=O)c2C#N)cc1.NC(=O)CBr. The maximum Gasteiger partial charge on any atom is 0.337 e. The molecule has 1 saturated heterocycles. The van der Waals surface area contributed by atoms with Crippen molar-refractivity contribution in [2.75, 3.05) is 70.1 Å². The number of pyridine rings is 2. The zero-order valence-corrected chi connectivity index (χ0v) is 35.8. The van der Waals surface area contributed by atoms with Crippen molar-refractivity contribution in [3.63, 3.8) is 0 Å². The number of thioether (sulfide) groups is 1. The maximum absolute atomic E-state index is 11.6. The van der Waals surface area contributed by atoms with Crippen LogP contribution in [0.1, 0.15) is 43.0 Å². The van der Waals surface area contributed by atoms with Crippen LogP contribution < -0.4 is 22.9 Å². The lowest BCUT2D eigenvalue weighted by Gasteiger charge is -2.21. The number of methoxy groups -OCH3 is 2. The second kappa shape index (κ2) is 24.9. The van der Waals surface area contributed by atoms with Gasteiger partial charge in [-0.2, -0.15) is 15.8 Å². The van der Waals surface area contributed by atoms with Crippen molar-refractivity contribution in [1.29, 1.82) is 15.8 Å². The van der Waals surface area contributed by atoms with Crippen molar-refractivity contribution in [2.24, 2.45) is 11.5 Å². The van der Waals surface area contributed by atoms with E-state index in [0.717, 1.165) is 38.1 Å². The average molecular weight is 916 g/mol. The Balaban J connectivity index is 0.000000326. The van der Waals surface area contributed by atoms with E-state index in [2.05, 4.69) is 59.0 Å². The molecule has 0 bridgehead atoms. The Labute approximate surface area is 363 Å². The molecule has 17 nitrogen and oxygen atoms in total. The van der Waals surface area contributed by atoms with Gasteiger partial charge in [-0.25, -0.2) is 14.6 Å². The number of ether oxygens (including phenoxy) is 3. The summed E-state index contributed by atoms with van der Waals surface area (Å²) in [5, 5.41) is 28.8. The van der Waals surface area contributed by atoms with Gasteiger partial charge in [0, 0.05) is 24.2 Å². The molecule has 5 rings (SSSR count). The summed E-state index contributed by atoms with van der Waals surface area (Å²) >= 11 is 8.96. The number of amides is 2. The van der Waals surface area contributed by atoms with Gasteiger partial charge >= 0.3 is 11.9 Å². The van der Waals surface area contributed by atoms with Crippen LogP contribution in [0.5, 0.6) is 0 Å². The zero-order valence-electron chi connectivity index (χ0n) is 32.5. The molecule has 2 aromatic heterocycles. The molecule has 3 heterocycles. The Hall–Kier alpha value is -6.78. The van der Waals surface area contributed by atoms with Gasteiger partial charge in [-0.3, -0.25) is 9.59 Å². The number of carbonyl (C=O) groups excluding carboxylic acids is 4. The molecule has 60 heavy (non-hydrogen) atoms. The number of terminal acetylenes is 1. The van der Waals surface area contributed by atoms with Crippen LogP contribution in [0.25, 0.3) is 22.3 Å². The quantitative estimate of drug-likeness (QED) is 0.0551. The standard InChI is InChI=1S/C17H13N5O3S.C16H11N3O2S.C5H11NO.C2H4BrNO/c1-25-17(24)10-4-2-9(3-5-10)14-11(6-18)15(21)22-16(12(14)7-19)26-8-13(20)23;1-3-11-13(12(8-17)14(18)19-15(11)22)9-4-6-10(7-5-9)16(20)21-2;1-6-2-4-7-5-3-6;3-1-2(4)5/h2-5H,8H2,1H3,(H2,20,23)(H2,21,22);1,4-7H,2H3,(H3,18,19,22);2-5H2,1H3;1H2,(H2,4,5). The number of hydrogen-bond donors (Lipinski definition) is 5. The molecule has 0 radical (unpaired) electrons. The van der Waals surface area contributed by atoms with Crippen LogP contribution in [0.15, 0.2) is 53.6 Å². The fraction of sp³-hybridized carbons (Fsp3) is 0.225. The molecule has 1 aliphatic heterocycles. The lowest BCUT2D eigenvalue weighted by molar-refractivity contribution is -0.116. The lowest BCUT2D eigenvalue weighted by atomic mass is 9.96. The minimum Gasteiger partial charge on any atom is -0.465 e. The summed E-state index contributed by atoms with van der Waals surface area (Å²) in [5.74, 6) is 0.612. The number of likely N-dealkylation sites (N-methyl/N-ethyl adjacent to an activating group) is 1. The zero-order chi connectivity index (χ0) is 44.9. The van der Waals surface area contributed by atoms with Crippen molar-refractivity contribution in [2.45, 2.75) is 5.03 Å². The number of hydrogen-bond acceptors (Lipinski definition) is 16.